The largest absolute Gasteiger partial charge is 0.481 e. The number of nitrogens with one attached hydrogen (secondary N) is 1. The van der Waals surface area contributed by atoms with Crippen molar-refractivity contribution in [3.63, 3.8) is 0 Å². The van der Waals surface area contributed by atoms with Crippen LogP contribution in [0, 0.1) is 6.92 Å². The van der Waals surface area contributed by atoms with Crippen molar-refractivity contribution in [1.29, 1.82) is 0 Å². The average Bonchev–Trinajstić information content (AvgIpc) is 2.95. The highest BCUT2D eigenvalue weighted by atomic mass is 32.2. The zero-order valence-electron chi connectivity index (χ0n) is 10.6. The second-order valence-corrected chi connectivity index (χ2v) is 8.66. The van der Waals surface area contributed by atoms with E-state index < -0.39 is 16.0 Å². The molecule has 2 N–H and O–H groups in total. The maximum atomic E-state index is 12.1. The Labute approximate surface area is 124 Å². The van der Waals surface area contributed by atoms with Gasteiger partial charge >= 0.3 is 5.97 Å². The van der Waals surface area contributed by atoms with Crippen molar-refractivity contribution in [2.75, 3.05) is 0 Å². The first-order valence-corrected chi connectivity index (χ1v) is 8.84. The Morgan fingerprint density at radius 1 is 1.20 bits per heavy atom. The molecule has 2 aromatic rings. The van der Waals surface area contributed by atoms with Gasteiger partial charge in [0.2, 0.25) is 10.0 Å². The molecule has 2 rings (SSSR count). The smallest absolute Gasteiger partial charge is 0.308 e. The molecule has 8 heteroatoms. The minimum atomic E-state index is -3.58. The minimum absolute atomic E-state index is 0.141. The maximum Gasteiger partial charge on any atom is 0.308 e. The van der Waals surface area contributed by atoms with Gasteiger partial charge in [-0.3, -0.25) is 4.79 Å². The lowest BCUT2D eigenvalue weighted by Crippen LogP contribution is -2.21. The molecule has 0 aromatic carbocycles. The van der Waals surface area contributed by atoms with Crippen LogP contribution in [0.25, 0.3) is 0 Å². The van der Waals surface area contributed by atoms with E-state index in [1.807, 2.05) is 19.1 Å². The van der Waals surface area contributed by atoms with E-state index in [4.69, 9.17) is 5.11 Å². The fraction of sp³-hybridized carbons (Fsp3) is 0.250. The van der Waals surface area contributed by atoms with E-state index in [1.54, 1.807) is 0 Å². The normalized spacial score (nSPS) is 11.7. The summed E-state index contributed by atoms with van der Waals surface area (Å²) in [5.74, 6) is -0.974. The van der Waals surface area contributed by atoms with Gasteiger partial charge in [0, 0.05) is 21.2 Å². The molecule has 0 radical (unpaired) electrons. The fourth-order valence-corrected chi connectivity index (χ4v) is 4.88. The molecule has 0 fully saturated rings. The minimum Gasteiger partial charge on any atom is -0.481 e. The van der Waals surface area contributed by atoms with Crippen LogP contribution in [0.2, 0.25) is 0 Å². The van der Waals surface area contributed by atoms with Crippen LogP contribution in [0.3, 0.4) is 0 Å². The van der Waals surface area contributed by atoms with Crippen LogP contribution in [0.15, 0.2) is 28.5 Å². The van der Waals surface area contributed by atoms with Gasteiger partial charge in [0.1, 0.15) is 4.21 Å². The Balaban J connectivity index is 2.06. The number of carbonyl (C=O) groups is 1. The van der Waals surface area contributed by atoms with Gasteiger partial charge in [0.15, 0.2) is 0 Å². The first-order chi connectivity index (χ1) is 9.37. The van der Waals surface area contributed by atoms with Crippen LogP contribution in [-0.2, 0) is 27.8 Å². The predicted molar refractivity (Wildman–Crippen MR) is 78.7 cm³/mol. The maximum absolute atomic E-state index is 12.1. The molecule has 2 aromatic heterocycles. The molecule has 0 bridgehead atoms. The van der Waals surface area contributed by atoms with E-state index in [-0.39, 0.29) is 17.2 Å². The lowest BCUT2D eigenvalue weighted by atomic mass is 10.3. The molecule has 0 saturated carbocycles. The van der Waals surface area contributed by atoms with E-state index >= 15 is 0 Å². The summed E-state index contributed by atoms with van der Waals surface area (Å²) in [5, 5.41) is 8.68. The highest BCUT2D eigenvalue weighted by Crippen LogP contribution is 2.23. The summed E-state index contributed by atoms with van der Waals surface area (Å²) in [4.78, 5) is 13.2. The summed E-state index contributed by atoms with van der Waals surface area (Å²) in [5.41, 5.74) is 0. The van der Waals surface area contributed by atoms with Gasteiger partial charge in [0.25, 0.3) is 0 Å². The quantitative estimate of drug-likeness (QED) is 0.850. The highest BCUT2D eigenvalue weighted by molar-refractivity contribution is 7.91. The van der Waals surface area contributed by atoms with Gasteiger partial charge in [0.05, 0.1) is 6.42 Å². The number of carboxylic acid groups (broad SMARTS) is 1. The molecular formula is C12H13NO4S3. The third-order valence-corrected chi connectivity index (χ3v) is 6.44. The Kier molecular flexibility index (Phi) is 4.59. The van der Waals surface area contributed by atoms with Crippen LogP contribution in [0.4, 0.5) is 0 Å². The van der Waals surface area contributed by atoms with Gasteiger partial charge in [-0.2, -0.15) is 0 Å². The lowest BCUT2D eigenvalue weighted by molar-refractivity contribution is -0.136. The summed E-state index contributed by atoms with van der Waals surface area (Å²) in [6, 6.07) is 6.78. The highest BCUT2D eigenvalue weighted by Gasteiger charge is 2.17. The number of sulfonamides is 1. The van der Waals surface area contributed by atoms with Crippen molar-refractivity contribution in [2.45, 2.75) is 24.1 Å². The molecule has 0 saturated heterocycles. The van der Waals surface area contributed by atoms with E-state index in [2.05, 4.69) is 4.72 Å². The second kappa shape index (κ2) is 6.04. The standard InChI is InChI=1S/C12H13NO4S3/c1-8-2-3-10(18-8)7-13-20(16,17)12-5-4-9(19-12)6-11(14)15/h2-5,13H,6-7H2,1H3,(H,14,15). The van der Waals surface area contributed by atoms with Crippen molar-refractivity contribution in [2.24, 2.45) is 0 Å². The second-order valence-electron chi connectivity index (χ2n) is 4.13. The van der Waals surface area contributed by atoms with Gasteiger partial charge in [-0.15, -0.1) is 22.7 Å². The van der Waals surface area contributed by atoms with E-state index in [0.29, 0.717) is 4.88 Å². The number of hydrogen-bond acceptors (Lipinski definition) is 5. The predicted octanol–water partition coefficient (Wildman–Crippen LogP) is 2.22. The summed E-state index contributed by atoms with van der Waals surface area (Å²) < 4.78 is 26.8. The Morgan fingerprint density at radius 3 is 2.50 bits per heavy atom. The van der Waals surface area contributed by atoms with E-state index in [9.17, 15) is 13.2 Å². The Morgan fingerprint density at radius 2 is 1.90 bits per heavy atom. The molecule has 0 unspecified atom stereocenters. The Bertz CT molecular complexity index is 715. The van der Waals surface area contributed by atoms with Gasteiger partial charge in [-0.05, 0) is 31.2 Å². The number of thiophene rings is 2. The Hall–Kier alpha value is -1.22. The summed E-state index contributed by atoms with van der Waals surface area (Å²) in [6.45, 7) is 2.20. The molecule has 5 nitrogen and oxygen atoms in total. The van der Waals surface area contributed by atoms with Crippen LogP contribution < -0.4 is 4.72 Å². The van der Waals surface area contributed by atoms with Gasteiger partial charge in [-0.1, -0.05) is 0 Å². The third kappa shape index (κ3) is 3.89. The summed E-state index contributed by atoms with van der Waals surface area (Å²) >= 11 is 2.52. The molecule has 0 aliphatic rings. The zero-order valence-corrected chi connectivity index (χ0v) is 13.1. The third-order valence-electron chi connectivity index (χ3n) is 2.46. The van der Waals surface area contributed by atoms with Crippen LogP contribution in [-0.4, -0.2) is 19.5 Å². The van der Waals surface area contributed by atoms with Crippen molar-refractivity contribution in [1.82, 2.24) is 4.72 Å². The first kappa shape index (κ1) is 15.2. The summed E-state index contributed by atoms with van der Waals surface area (Å²) in [6.07, 6.45) is -0.162. The summed E-state index contributed by atoms with van der Waals surface area (Å²) in [7, 11) is -3.58. The molecule has 0 aliphatic heterocycles. The van der Waals surface area contributed by atoms with E-state index in [1.165, 1.54) is 23.5 Å². The molecule has 108 valence electrons. The number of hydrogen-bond donors (Lipinski definition) is 2. The molecular weight excluding hydrogens is 318 g/mol. The molecule has 0 amide bonds. The number of carboxylic acids is 1. The SMILES string of the molecule is Cc1ccc(CNS(=O)(=O)c2ccc(CC(=O)O)s2)s1. The number of aliphatic carboxylic acids is 1. The van der Waals surface area contributed by atoms with Crippen LogP contribution >= 0.6 is 22.7 Å². The average molecular weight is 331 g/mol. The zero-order chi connectivity index (χ0) is 14.8. The van der Waals surface area contributed by atoms with Crippen molar-refractivity contribution < 1.29 is 18.3 Å². The monoisotopic (exact) mass is 331 g/mol. The lowest BCUT2D eigenvalue weighted by Gasteiger charge is -2.02. The number of rotatable bonds is 6. The molecule has 0 atom stereocenters. The van der Waals surface area contributed by atoms with Crippen molar-refractivity contribution >= 4 is 38.7 Å². The first-order valence-electron chi connectivity index (χ1n) is 5.72. The van der Waals surface area contributed by atoms with Crippen molar-refractivity contribution in [3.8, 4) is 0 Å². The number of aryl methyl sites for hydroxylation is 1. The van der Waals surface area contributed by atoms with E-state index in [0.717, 1.165) is 21.1 Å². The van der Waals surface area contributed by atoms with Gasteiger partial charge < -0.3 is 5.11 Å². The fourth-order valence-electron chi connectivity index (χ4n) is 1.56. The van der Waals surface area contributed by atoms with Crippen molar-refractivity contribution in [3.05, 3.63) is 38.9 Å². The molecule has 20 heavy (non-hydrogen) atoms. The topological polar surface area (TPSA) is 83.5 Å². The molecule has 0 spiro atoms. The molecule has 0 aliphatic carbocycles. The van der Waals surface area contributed by atoms with Gasteiger partial charge in [-0.25, -0.2) is 13.1 Å². The molecule has 2 heterocycles. The van der Waals surface area contributed by atoms with Crippen LogP contribution in [0.5, 0.6) is 0 Å². The van der Waals surface area contributed by atoms with Crippen LogP contribution in [0.1, 0.15) is 14.6 Å².